The van der Waals surface area contributed by atoms with Crippen molar-refractivity contribution in [3.8, 4) is 0 Å². The number of hydrogen-bond donors (Lipinski definition) is 0. The second-order valence-electron chi connectivity index (χ2n) is 2.85. The van der Waals surface area contributed by atoms with Gasteiger partial charge in [0, 0.05) is 19.2 Å². The van der Waals surface area contributed by atoms with Crippen molar-refractivity contribution in [3.63, 3.8) is 0 Å². The van der Waals surface area contributed by atoms with Crippen LogP contribution in [0.25, 0.3) is 0 Å². The van der Waals surface area contributed by atoms with E-state index in [2.05, 4.69) is 6.58 Å². The van der Waals surface area contributed by atoms with Crippen LogP contribution in [0.3, 0.4) is 0 Å². The van der Waals surface area contributed by atoms with E-state index in [1.165, 1.54) is 19.1 Å². The van der Waals surface area contributed by atoms with Gasteiger partial charge >= 0.3 is 0 Å². The smallest absolute Gasteiger partial charge is 0.158 e. The summed E-state index contributed by atoms with van der Waals surface area (Å²) in [7, 11) is 0. The van der Waals surface area contributed by atoms with E-state index in [9.17, 15) is 9.18 Å². The predicted octanol–water partition coefficient (Wildman–Crippen LogP) is 2.16. The zero-order valence-electron chi connectivity index (χ0n) is 7.59. The number of carbonyl (C=O) groups excluding carboxylic acids is 1. The molecule has 0 radical (unpaired) electrons. The molecule has 3 heteroatoms. The average Bonchev–Trinajstić information content (AvgIpc) is 2.09. The Kier molecular flexibility index (Phi) is 3.01. The summed E-state index contributed by atoms with van der Waals surface area (Å²) in [6, 6.07) is 0. The maximum absolute atomic E-state index is 12.9. The number of allylic oxidation sites excluding steroid dienone is 3. The van der Waals surface area contributed by atoms with Crippen LogP contribution in [0, 0.1) is 0 Å². The predicted molar refractivity (Wildman–Crippen MR) is 49.5 cm³/mol. The Bertz CT molecular complexity index is 287. The van der Waals surface area contributed by atoms with Gasteiger partial charge in [-0.25, -0.2) is 4.39 Å². The minimum atomic E-state index is -0.283. The monoisotopic (exact) mass is 181 g/mol. The van der Waals surface area contributed by atoms with Crippen LogP contribution in [0.2, 0.25) is 0 Å². The van der Waals surface area contributed by atoms with Crippen molar-refractivity contribution in [2.45, 2.75) is 13.3 Å². The van der Waals surface area contributed by atoms with Crippen molar-refractivity contribution in [1.82, 2.24) is 4.90 Å². The zero-order valence-corrected chi connectivity index (χ0v) is 7.59. The number of ketones is 1. The van der Waals surface area contributed by atoms with Crippen LogP contribution in [0.15, 0.2) is 36.5 Å². The lowest BCUT2D eigenvalue weighted by Crippen LogP contribution is -2.23. The highest BCUT2D eigenvalue weighted by atomic mass is 19.1. The summed E-state index contributed by atoms with van der Waals surface area (Å²) in [4.78, 5) is 12.5. The van der Waals surface area contributed by atoms with Crippen molar-refractivity contribution < 1.29 is 9.18 Å². The molecule has 0 spiro atoms. The topological polar surface area (TPSA) is 20.3 Å². The van der Waals surface area contributed by atoms with Gasteiger partial charge in [0.2, 0.25) is 0 Å². The van der Waals surface area contributed by atoms with Crippen molar-refractivity contribution >= 4 is 5.78 Å². The van der Waals surface area contributed by atoms with Crippen LogP contribution in [0.4, 0.5) is 4.39 Å². The normalized spacial score (nSPS) is 18.6. The number of hydrogen-bond acceptors (Lipinski definition) is 2. The van der Waals surface area contributed by atoms with Crippen molar-refractivity contribution in [1.29, 1.82) is 0 Å². The molecule has 0 aliphatic carbocycles. The number of nitrogens with zero attached hydrogens (tertiary/aromatic N) is 1. The van der Waals surface area contributed by atoms with Gasteiger partial charge < -0.3 is 4.90 Å². The fourth-order valence-corrected chi connectivity index (χ4v) is 1.22. The lowest BCUT2D eigenvalue weighted by atomic mass is 10.2. The zero-order chi connectivity index (χ0) is 9.84. The fourth-order valence-electron chi connectivity index (χ4n) is 1.22. The van der Waals surface area contributed by atoms with Crippen LogP contribution in [-0.4, -0.2) is 17.2 Å². The fraction of sp³-hybridized carbons (Fsp3) is 0.300. The van der Waals surface area contributed by atoms with Gasteiger partial charge in [-0.15, -0.1) is 0 Å². The quantitative estimate of drug-likeness (QED) is 0.608. The number of halogens is 1. The van der Waals surface area contributed by atoms with E-state index >= 15 is 0 Å². The summed E-state index contributed by atoms with van der Waals surface area (Å²) in [6.07, 6.45) is 4.93. The first-order valence-corrected chi connectivity index (χ1v) is 4.11. The standard InChI is InChI=1S/C10H12FNO/c1-3-10(8(2)11)12-6-4-9(13)5-7-12/h3-4,6H,1,5,7H2,2H3. The molecule has 1 rings (SSSR count). The first-order valence-electron chi connectivity index (χ1n) is 4.11. The Morgan fingerprint density at radius 1 is 1.77 bits per heavy atom. The van der Waals surface area contributed by atoms with Gasteiger partial charge in [-0.1, -0.05) is 6.58 Å². The van der Waals surface area contributed by atoms with Gasteiger partial charge in [0.15, 0.2) is 5.78 Å². The molecule has 0 saturated carbocycles. The Morgan fingerprint density at radius 3 is 2.85 bits per heavy atom. The molecule has 1 aliphatic heterocycles. The minimum Gasteiger partial charge on any atom is -0.345 e. The van der Waals surface area contributed by atoms with E-state index in [0.717, 1.165) is 0 Å². The van der Waals surface area contributed by atoms with E-state index in [-0.39, 0.29) is 11.6 Å². The Labute approximate surface area is 77.0 Å². The van der Waals surface area contributed by atoms with Crippen LogP contribution in [0.1, 0.15) is 13.3 Å². The van der Waals surface area contributed by atoms with E-state index in [4.69, 9.17) is 0 Å². The lowest BCUT2D eigenvalue weighted by Gasteiger charge is -2.23. The summed E-state index contributed by atoms with van der Waals surface area (Å²) in [5.74, 6) is -0.204. The third-order valence-corrected chi connectivity index (χ3v) is 1.90. The SMILES string of the molecule is C=CC(=C(C)F)N1C=CC(=O)CC1. The van der Waals surface area contributed by atoms with E-state index in [1.54, 1.807) is 11.1 Å². The van der Waals surface area contributed by atoms with E-state index in [1.807, 2.05) is 0 Å². The summed E-state index contributed by atoms with van der Waals surface area (Å²) in [6.45, 7) is 5.42. The highest BCUT2D eigenvalue weighted by Gasteiger charge is 2.13. The van der Waals surface area contributed by atoms with Gasteiger partial charge in [-0.3, -0.25) is 4.79 Å². The molecule has 0 aromatic rings. The highest BCUT2D eigenvalue weighted by molar-refractivity contribution is 5.90. The highest BCUT2D eigenvalue weighted by Crippen LogP contribution is 2.16. The molecule has 0 fully saturated rings. The van der Waals surface area contributed by atoms with Crippen LogP contribution < -0.4 is 0 Å². The molecule has 0 aromatic heterocycles. The molecule has 70 valence electrons. The second-order valence-corrected chi connectivity index (χ2v) is 2.85. The van der Waals surface area contributed by atoms with Gasteiger partial charge in [0.05, 0.1) is 5.70 Å². The molecule has 0 amide bonds. The first-order chi connectivity index (χ1) is 6.15. The molecule has 0 saturated heterocycles. The molecule has 0 unspecified atom stereocenters. The molecule has 1 heterocycles. The lowest BCUT2D eigenvalue weighted by molar-refractivity contribution is -0.115. The Hall–Kier alpha value is -1.38. The molecule has 0 atom stereocenters. The maximum atomic E-state index is 12.9. The van der Waals surface area contributed by atoms with Crippen molar-refractivity contribution in [3.05, 3.63) is 36.5 Å². The minimum absolute atomic E-state index is 0.0798. The number of carbonyl (C=O) groups is 1. The van der Waals surface area contributed by atoms with Gasteiger partial charge in [0.25, 0.3) is 0 Å². The first kappa shape index (κ1) is 9.71. The summed E-state index contributed by atoms with van der Waals surface area (Å²) >= 11 is 0. The molecule has 0 N–H and O–H groups in total. The maximum Gasteiger partial charge on any atom is 0.158 e. The van der Waals surface area contributed by atoms with Gasteiger partial charge in [-0.05, 0) is 19.1 Å². The molecule has 2 nitrogen and oxygen atoms in total. The van der Waals surface area contributed by atoms with Crippen LogP contribution >= 0.6 is 0 Å². The molecular formula is C10H12FNO. The molecule has 0 aromatic carbocycles. The third-order valence-electron chi connectivity index (χ3n) is 1.90. The third kappa shape index (κ3) is 2.28. The molecule has 0 bridgehead atoms. The summed E-state index contributed by atoms with van der Waals surface area (Å²) in [5, 5.41) is 0. The van der Waals surface area contributed by atoms with E-state index in [0.29, 0.717) is 18.7 Å². The van der Waals surface area contributed by atoms with Crippen molar-refractivity contribution in [2.75, 3.05) is 6.54 Å². The Balaban J connectivity index is 2.84. The molecule has 13 heavy (non-hydrogen) atoms. The van der Waals surface area contributed by atoms with Crippen LogP contribution in [0.5, 0.6) is 0 Å². The average molecular weight is 181 g/mol. The summed E-state index contributed by atoms with van der Waals surface area (Å²) in [5.41, 5.74) is 0.434. The number of rotatable bonds is 2. The Morgan fingerprint density at radius 2 is 2.46 bits per heavy atom. The largest absolute Gasteiger partial charge is 0.345 e. The van der Waals surface area contributed by atoms with Crippen LogP contribution in [-0.2, 0) is 4.79 Å². The van der Waals surface area contributed by atoms with Gasteiger partial charge in [-0.2, -0.15) is 0 Å². The second kappa shape index (κ2) is 4.03. The molecular weight excluding hydrogens is 169 g/mol. The van der Waals surface area contributed by atoms with Gasteiger partial charge in [0.1, 0.15) is 5.83 Å². The summed E-state index contributed by atoms with van der Waals surface area (Å²) < 4.78 is 12.9. The molecule has 1 aliphatic rings. The van der Waals surface area contributed by atoms with Crippen molar-refractivity contribution in [2.24, 2.45) is 0 Å². The van der Waals surface area contributed by atoms with E-state index < -0.39 is 0 Å².